The van der Waals surface area contributed by atoms with Crippen molar-refractivity contribution >= 4 is 41.7 Å². The predicted octanol–water partition coefficient (Wildman–Crippen LogP) is -6.72. The average Bonchev–Trinajstić information content (AvgIpc) is 3.74. The molecular weight excluding hydrogens is 922 g/mol. The molecule has 0 unspecified atom stereocenters. The highest BCUT2D eigenvalue weighted by Gasteiger charge is 2.54. The molecule has 4 rings (SSSR count). The lowest BCUT2D eigenvalue weighted by Gasteiger charge is -2.34. The van der Waals surface area contributed by atoms with Crippen LogP contribution < -0.4 is 54.2 Å². The van der Waals surface area contributed by atoms with Crippen molar-refractivity contribution in [2.24, 2.45) is 22.6 Å². The van der Waals surface area contributed by atoms with E-state index in [1.807, 2.05) is 4.98 Å². The number of aliphatic imine (C=N–C) groups is 1. The first kappa shape index (κ1) is 55.8. The maximum Gasteiger partial charge on any atom is 0.330 e. The van der Waals surface area contributed by atoms with E-state index in [9.17, 15) is 69.0 Å². The van der Waals surface area contributed by atoms with Gasteiger partial charge in [-0.2, -0.15) is 0 Å². The number of aliphatic hydroxyl groups is 4. The molecule has 0 saturated carbocycles. The minimum absolute atomic E-state index is 0.0412. The molecule has 69 heavy (non-hydrogen) atoms. The van der Waals surface area contributed by atoms with Crippen LogP contribution in [0.3, 0.4) is 0 Å². The standard InChI is InChI=1S/C40H65N11O18/c1-15(2)21(35(60)61)49-39(64)50-22(18-8-12-44-38(41)46-18)33(59)48-23(25(54)16(3)4)32(58)43-11-7-10-42-24(36(62)63)29(69-37-31(66-6)26(55)19(67-37)14-45-17(5)52)30-27(56)28(57)34(68-30)51-13-9-20(53)47-40(51)65/h9,13,15-16,18-19,21-31,34,37,42,54-57H,7-8,10-12,14H2,1-6H3,(H,43,58)(H,45,52)(H,48,59)(H,60,61)(H,62,63)(H3,41,44,46)(H,47,53,65)(H2,49,50,64)/t18-,19+,21-,22-,23-,24-,25-,26+,27-,28+,29-,30-,31+,34+,37-/m0/s1. The minimum Gasteiger partial charge on any atom is -0.480 e. The number of urea groups is 1. The number of methoxy groups -OCH3 is 1. The molecule has 16 N–H and O–H groups in total. The van der Waals surface area contributed by atoms with Gasteiger partial charge in [-0.05, 0) is 31.2 Å². The molecule has 0 radical (unpaired) electrons. The first-order valence-corrected chi connectivity index (χ1v) is 22.1. The first-order chi connectivity index (χ1) is 32.5. The molecular formula is C40H65N11O18. The van der Waals surface area contributed by atoms with Crippen LogP contribution in [0.1, 0.15) is 53.7 Å². The third-order valence-corrected chi connectivity index (χ3v) is 11.6. The molecule has 3 aliphatic rings. The number of carboxylic acid groups (broad SMARTS) is 2. The fourth-order valence-corrected chi connectivity index (χ4v) is 7.80. The number of aliphatic carboxylic acids is 2. The smallest absolute Gasteiger partial charge is 0.330 e. The van der Waals surface area contributed by atoms with Gasteiger partial charge in [0.1, 0.15) is 66.9 Å². The van der Waals surface area contributed by atoms with Crippen molar-refractivity contribution in [1.29, 1.82) is 0 Å². The molecule has 2 fully saturated rings. The number of nitrogens with zero attached hydrogens (tertiary/aromatic N) is 2. The van der Waals surface area contributed by atoms with Crippen LogP contribution in [0.25, 0.3) is 0 Å². The maximum atomic E-state index is 13.9. The molecule has 0 bridgehead atoms. The lowest BCUT2D eigenvalue weighted by Crippen LogP contribution is -2.66. The number of aromatic amines is 1. The SMILES string of the molecule is CO[C@H]1[C@H](O[C@H]([C@H]2O[C@@H](n3ccc(=O)[nH]c3=O)[C@H](O)[C@@H]2O)[C@H](NCCCNC(=O)[C@@H](NC(=O)[C@@H](NC(=O)N[C@H](C(=O)O)C(C)C)[C@@H]2CCN=C(N)N2)[C@@H](O)C(C)C)C(=O)O)O[C@H](CNC(C)=O)[C@H]1O. The van der Waals surface area contributed by atoms with Gasteiger partial charge in [-0.1, -0.05) is 27.7 Å². The molecule has 0 spiro atoms. The van der Waals surface area contributed by atoms with Crippen molar-refractivity contribution in [3.05, 3.63) is 33.1 Å². The number of nitrogens with two attached hydrogens (primary N) is 1. The zero-order valence-corrected chi connectivity index (χ0v) is 38.8. The van der Waals surface area contributed by atoms with Crippen LogP contribution in [-0.4, -0.2) is 200 Å². The van der Waals surface area contributed by atoms with Gasteiger partial charge in [0.15, 0.2) is 18.5 Å². The molecule has 1 aromatic heterocycles. The van der Waals surface area contributed by atoms with Crippen molar-refractivity contribution in [3.63, 3.8) is 0 Å². The van der Waals surface area contributed by atoms with Crippen LogP contribution in [0.5, 0.6) is 0 Å². The number of carbonyl (C=O) groups excluding carboxylic acids is 4. The maximum absolute atomic E-state index is 13.9. The van der Waals surface area contributed by atoms with Gasteiger partial charge in [-0.3, -0.25) is 38.5 Å². The number of H-pyrrole nitrogens is 1. The van der Waals surface area contributed by atoms with Gasteiger partial charge in [-0.25, -0.2) is 14.4 Å². The summed E-state index contributed by atoms with van der Waals surface area (Å²) in [6, 6.07) is -7.22. The Balaban J connectivity index is 1.52. The number of aromatic nitrogens is 2. The van der Waals surface area contributed by atoms with E-state index in [1.54, 1.807) is 27.7 Å². The van der Waals surface area contributed by atoms with Gasteiger partial charge in [0.05, 0.1) is 12.1 Å². The molecule has 29 nitrogen and oxygen atoms in total. The van der Waals surface area contributed by atoms with Crippen molar-refractivity contribution in [2.45, 2.75) is 139 Å². The minimum atomic E-state index is -1.95. The average molecular weight is 988 g/mol. The number of aliphatic hydroxyl groups excluding tert-OH is 4. The number of ether oxygens (including phenoxy) is 4. The number of carboxylic acids is 2. The molecule has 15 atom stereocenters. The van der Waals surface area contributed by atoms with Crippen LogP contribution >= 0.6 is 0 Å². The van der Waals surface area contributed by atoms with Crippen LogP contribution in [0.4, 0.5) is 4.79 Å². The van der Waals surface area contributed by atoms with Crippen molar-refractivity contribution in [3.8, 4) is 0 Å². The summed E-state index contributed by atoms with van der Waals surface area (Å²) in [5.41, 5.74) is 4.04. The Morgan fingerprint density at radius 1 is 0.899 bits per heavy atom. The number of hydrogen-bond acceptors (Lipinski definition) is 20. The van der Waals surface area contributed by atoms with Crippen LogP contribution in [0.15, 0.2) is 26.8 Å². The Bertz CT molecular complexity index is 2110. The molecule has 388 valence electrons. The van der Waals surface area contributed by atoms with E-state index in [1.165, 1.54) is 14.0 Å². The zero-order chi connectivity index (χ0) is 51.4. The highest BCUT2D eigenvalue weighted by atomic mass is 16.7. The summed E-state index contributed by atoms with van der Waals surface area (Å²) >= 11 is 0. The van der Waals surface area contributed by atoms with Gasteiger partial charge in [0.2, 0.25) is 17.7 Å². The van der Waals surface area contributed by atoms with E-state index in [0.29, 0.717) is 0 Å². The Morgan fingerprint density at radius 2 is 1.58 bits per heavy atom. The zero-order valence-electron chi connectivity index (χ0n) is 38.8. The van der Waals surface area contributed by atoms with Crippen molar-refractivity contribution < 1.29 is 78.4 Å². The summed E-state index contributed by atoms with van der Waals surface area (Å²) in [6.45, 7) is 7.02. The lowest BCUT2D eigenvalue weighted by molar-refractivity contribution is -0.231. The van der Waals surface area contributed by atoms with E-state index in [0.717, 1.165) is 16.8 Å². The molecule has 0 aromatic carbocycles. The van der Waals surface area contributed by atoms with Gasteiger partial charge in [-0.15, -0.1) is 0 Å². The molecule has 0 aliphatic carbocycles. The van der Waals surface area contributed by atoms with E-state index in [2.05, 4.69) is 42.2 Å². The third kappa shape index (κ3) is 14.6. The predicted molar refractivity (Wildman–Crippen MR) is 236 cm³/mol. The number of hydrogen-bond donors (Lipinski definition) is 15. The van der Waals surface area contributed by atoms with Gasteiger partial charge >= 0.3 is 23.7 Å². The molecule has 1 aromatic rings. The van der Waals surface area contributed by atoms with Gasteiger partial charge in [0.25, 0.3) is 5.56 Å². The summed E-state index contributed by atoms with van der Waals surface area (Å²) in [7, 11) is 1.20. The fraction of sp³-hybridized carbons (Fsp3) is 0.725. The van der Waals surface area contributed by atoms with Crippen molar-refractivity contribution in [2.75, 3.05) is 33.3 Å². The van der Waals surface area contributed by atoms with E-state index >= 15 is 0 Å². The third-order valence-electron chi connectivity index (χ3n) is 11.6. The Hall–Kier alpha value is -5.79. The summed E-state index contributed by atoms with van der Waals surface area (Å²) in [4.78, 5) is 108. The Morgan fingerprint density at radius 3 is 2.16 bits per heavy atom. The number of rotatable bonds is 24. The quantitative estimate of drug-likeness (QED) is 0.0428. The molecule has 2 saturated heterocycles. The normalized spacial score (nSPS) is 27.2. The first-order valence-electron chi connectivity index (χ1n) is 22.1. The summed E-state index contributed by atoms with van der Waals surface area (Å²) in [6.07, 6.45) is -14.9. The number of nitrogens with one attached hydrogen (secondary N) is 8. The van der Waals surface area contributed by atoms with Crippen molar-refractivity contribution in [1.82, 2.24) is 46.8 Å². The van der Waals surface area contributed by atoms with E-state index < -0.39 is 150 Å². The fourth-order valence-electron chi connectivity index (χ4n) is 7.80. The summed E-state index contributed by atoms with van der Waals surface area (Å²) < 4.78 is 24.0. The second kappa shape index (κ2) is 25.2. The number of guanidine groups is 1. The largest absolute Gasteiger partial charge is 0.480 e. The highest BCUT2D eigenvalue weighted by molar-refractivity contribution is 5.94. The second-order valence-corrected chi connectivity index (χ2v) is 17.4. The summed E-state index contributed by atoms with van der Waals surface area (Å²) in [5.74, 6) is -6.39. The monoisotopic (exact) mass is 987 g/mol. The van der Waals surface area contributed by atoms with Crippen LogP contribution in [-0.2, 0) is 42.9 Å². The summed E-state index contributed by atoms with van der Waals surface area (Å²) in [5, 5.41) is 82.4. The van der Waals surface area contributed by atoms with Gasteiger partial charge < -0.3 is 92.5 Å². The number of amides is 5. The molecule has 4 heterocycles. The lowest BCUT2D eigenvalue weighted by atomic mass is 9.97. The second-order valence-electron chi connectivity index (χ2n) is 17.4. The van der Waals surface area contributed by atoms with Crippen LogP contribution in [0, 0.1) is 11.8 Å². The van der Waals surface area contributed by atoms with E-state index in [-0.39, 0.29) is 45.0 Å². The molecule has 29 heteroatoms. The molecule has 5 amide bonds. The Kier molecular flexibility index (Phi) is 20.4. The highest BCUT2D eigenvalue weighted by Crippen LogP contribution is 2.35. The van der Waals surface area contributed by atoms with Crippen LogP contribution in [0.2, 0.25) is 0 Å². The van der Waals surface area contributed by atoms with E-state index in [4.69, 9.17) is 24.7 Å². The Labute approximate surface area is 394 Å². The molecule has 3 aliphatic heterocycles. The topological polar surface area (TPSA) is 438 Å². The number of carbonyl (C=O) groups is 6. The van der Waals surface area contributed by atoms with Gasteiger partial charge in [0, 0.05) is 45.9 Å².